The molecule has 2 aromatic rings. The lowest BCUT2D eigenvalue weighted by molar-refractivity contribution is -0.275. The van der Waals surface area contributed by atoms with Crippen molar-refractivity contribution in [3.8, 4) is 5.69 Å². The molecule has 1 heterocycles. The third-order valence-electron chi connectivity index (χ3n) is 3.03. The molecule has 3 N–H and O–H groups in total. The molecule has 0 radical (unpaired) electrons. The maximum absolute atomic E-state index is 13.2. The van der Waals surface area contributed by atoms with Crippen LogP contribution in [0.25, 0.3) is 5.69 Å². The Morgan fingerprint density at radius 2 is 1.85 bits per heavy atom. The second kappa shape index (κ2) is 4.88. The molecule has 108 valence electrons. The molecule has 0 saturated heterocycles. The van der Waals surface area contributed by atoms with Gasteiger partial charge in [0.15, 0.2) is 0 Å². The molecule has 0 amide bonds. The van der Waals surface area contributed by atoms with E-state index in [-0.39, 0.29) is 0 Å². The Morgan fingerprint density at radius 3 is 2.35 bits per heavy atom. The molecule has 0 aliphatic carbocycles. The Morgan fingerprint density at radius 1 is 1.25 bits per heavy atom. The number of nitrogens with zero attached hydrogens (tertiary/aromatic N) is 3. The van der Waals surface area contributed by atoms with Gasteiger partial charge in [0.25, 0.3) is 0 Å². The van der Waals surface area contributed by atoms with Gasteiger partial charge in [0.1, 0.15) is 5.69 Å². The number of aliphatic hydroxyl groups is 1. The SMILES string of the molecule is CC(N)C(O)(c1cnnn1-c1ccccc1)C(F)(F)F. The van der Waals surface area contributed by atoms with Crippen LogP contribution in [0.1, 0.15) is 12.6 Å². The smallest absolute Gasteiger partial charge is 0.374 e. The Hall–Kier alpha value is -1.93. The van der Waals surface area contributed by atoms with E-state index >= 15 is 0 Å². The van der Waals surface area contributed by atoms with Crippen molar-refractivity contribution in [2.75, 3.05) is 0 Å². The highest BCUT2D eigenvalue weighted by Gasteiger charge is 2.59. The van der Waals surface area contributed by atoms with E-state index < -0.39 is 23.5 Å². The zero-order chi connectivity index (χ0) is 15.0. The number of halogens is 3. The third-order valence-corrected chi connectivity index (χ3v) is 3.03. The summed E-state index contributed by atoms with van der Waals surface area (Å²) in [4.78, 5) is 0. The number of hydrogen-bond acceptors (Lipinski definition) is 4. The lowest BCUT2D eigenvalue weighted by atomic mass is 9.91. The Bertz CT molecular complexity index is 582. The zero-order valence-electron chi connectivity index (χ0n) is 10.5. The first-order valence-electron chi connectivity index (χ1n) is 5.79. The first kappa shape index (κ1) is 14.5. The van der Waals surface area contributed by atoms with Crippen molar-refractivity contribution in [1.82, 2.24) is 15.0 Å². The van der Waals surface area contributed by atoms with Crippen molar-refractivity contribution >= 4 is 0 Å². The van der Waals surface area contributed by atoms with Gasteiger partial charge in [0, 0.05) is 6.04 Å². The molecule has 1 aromatic carbocycles. The highest BCUT2D eigenvalue weighted by Crippen LogP contribution is 2.41. The fraction of sp³-hybridized carbons (Fsp3) is 0.333. The molecule has 1 aromatic heterocycles. The first-order chi connectivity index (χ1) is 9.28. The van der Waals surface area contributed by atoms with E-state index in [9.17, 15) is 18.3 Å². The molecule has 0 aliphatic heterocycles. The molecule has 20 heavy (non-hydrogen) atoms. The van der Waals surface area contributed by atoms with Gasteiger partial charge < -0.3 is 10.8 Å². The van der Waals surface area contributed by atoms with Crippen LogP contribution >= 0.6 is 0 Å². The molecule has 0 fully saturated rings. The molecule has 2 rings (SSSR count). The second-order valence-corrected chi connectivity index (χ2v) is 4.42. The van der Waals surface area contributed by atoms with E-state index in [1.807, 2.05) is 0 Å². The van der Waals surface area contributed by atoms with Crippen LogP contribution in [0.4, 0.5) is 13.2 Å². The van der Waals surface area contributed by atoms with Gasteiger partial charge in [-0.05, 0) is 19.1 Å². The van der Waals surface area contributed by atoms with Crippen molar-refractivity contribution in [1.29, 1.82) is 0 Å². The number of para-hydroxylation sites is 1. The second-order valence-electron chi connectivity index (χ2n) is 4.42. The molecule has 0 spiro atoms. The van der Waals surface area contributed by atoms with E-state index in [4.69, 9.17) is 5.73 Å². The van der Waals surface area contributed by atoms with Crippen molar-refractivity contribution in [3.05, 3.63) is 42.2 Å². The minimum absolute atomic E-state index is 0.350. The lowest BCUT2D eigenvalue weighted by Crippen LogP contribution is -2.55. The van der Waals surface area contributed by atoms with E-state index in [0.29, 0.717) is 5.69 Å². The van der Waals surface area contributed by atoms with E-state index in [2.05, 4.69) is 10.3 Å². The van der Waals surface area contributed by atoms with Crippen LogP contribution in [0.15, 0.2) is 36.5 Å². The van der Waals surface area contributed by atoms with Gasteiger partial charge in [0.2, 0.25) is 5.60 Å². The largest absolute Gasteiger partial charge is 0.424 e. The number of hydrogen-bond donors (Lipinski definition) is 2. The molecule has 0 aliphatic rings. The standard InChI is InChI=1S/C12H13F3N4O/c1-8(16)11(20,12(13,14)15)10-7-17-18-19(10)9-5-3-2-4-6-9/h2-8,20H,16H2,1H3. The highest BCUT2D eigenvalue weighted by molar-refractivity contribution is 5.34. The summed E-state index contributed by atoms with van der Waals surface area (Å²) in [6.07, 6.45) is -4.08. The monoisotopic (exact) mass is 286 g/mol. The molecular formula is C12H13F3N4O. The summed E-state index contributed by atoms with van der Waals surface area (Å²) in [5.74, 6) is 0. The average molecular weight is 286 g/mol. The van der Waals surface area contributed by atoms with Crippen LogP contribution in [0, 0.1) is 0 Å². The molecule has 0 saturated carbocycles. The van der Waals surface area contributed by atoms with Gasteiger partial charge in [-0.25, -0.2) is 4.68 Å². The van der Waals surface area contributed by atoms with Gasteiger partial charge in [0.05, 0.1) is 11.9 Å². The van der Waals surface area contributed by atoms with E-state index in [0.717, 1.165) is 17.8 Å². The van der Waals surface area contributed by atoms with Crippen LogP contribution in [0.3, 0.4) is 0 Å². The molecule has 8 heteroatoms. The number of nitrogens with two attached hydrogens (primary N) is 1. The fourth-order valence-corrected chi connectivity index (χ4v) is 1.89. The van der Waals surface area contributed by atoms with Crippen molar-refractivity contribution in [3.63, 3.8) is 0 Å². The number of aromatic nitrogens is 3. The summed E-state index contributed by atoms with van der Waals surface area (Å²) in [7, 11) is 0. The minimum atomic E-state index is -4.95. The summed E-state index contributed by atoms with van der Waals surface area (Å²) in [6, 6.07) is 6.51. The Kier molecular flexibility index (Phi) is 3.53. The quantitative estimate of drug-likeness (QED) is 0.893. The average Bonchev–Trinajstić information content (AvgIpc) is 2.86. The zero-order valence-corrected chi connectivity index (χ0v) is 10.5. The van der Waals surface area contributed by atoms with Crippen LogP contribution in [-0.4, -0.2) is 32.3 Å². The molecule has 2 atom stereocenters. The van der Waals surface area contributed by atoms with E-state index in [1.165, 1.54) is 0 Å². The van der Waals surface area contributed by atoms with Gasteiger partial charge >= 0.3 is 6.18 Å². The molecule has 0 bridgehead atoms. The number of rotatable bonds is 3. The topological polar surface area (TPSA) is 77.0 Å². The predicted octanol–water partition coefficient (Wildman–Crippen LogP) is 1.36. The predicted molar refractivity (Wildman–Crippen MR) is 65.0 cm³/mol. The summed E-state index contributed by atoms with van der Waals surface area (Å²) in [5.41, 5.74) is 1.95. The van der Waals surface area contributed by atoms with Crippen LogP contribution < -0.4 is 5.73 Å². The minimum Gasteiger partial charge on any atom is -0.374 e. The van der Waals surface area contributed by atoms with Crippen LogP contribution in [0.5, 0.6) is 0 Å². The van der Waals surface area contributed by atoms with Gasteiger partial charge in [-0.15, -0.1) is 5.10 Å². The maximum Gasteiger partial charge on any atom is 0.424 e. The third kappa shape index (κ3) is 2.16. The first-order valence-corrected chi connectivity index (χ1v) is 5.79. The number of benzene rings is 1. The van der Waals surface area contributed by atoms with E-state index in [1.54, 1.807) is 30.3 Å². The molecule has 2 unspecified atom stereocenters. The van der Waals surface area contributed by atoms with Crippen molar-refractivity contribution in [2.45, 2.75) is 24.7 Å². The number of alkyl halides is 3. The van der Waals surface area contributed by atoms with Crippen LogP contribution in [-0.2, 0) is 5.60 Å². The fourth-order valence-electron chi connectivity index (χ4n) is 1.89. The summed E-state index contributed by atoms with van der Waals surface area (Å²) < 4.78 is 40.6. The van der Waals surface area contributed by atoms with Gasteiger partial charge in [-0.3, -0.25) is 0 Å². The van der Waals surface area contributed by atoms with Crippen molar-refractivity contribution < 1.29 is 18.3 Å². The van der Waals surface area contributed by atoms with Crippen LogP contribution in [0.2, 0.25) is 0 Å². The Labute approximate surface area is 112 Å². The summed E-state index contributed by atoms with van der Waals surface area (Å²) in [5, 5.41) is 17.1. The molecular weight excluding hydrogens is 273 g/mol. The lowest BCUT2D eigenvalue weighted by Gasteiger charge is -2.33. The Balaban J connectivity index is 2.62. The normalized spacial score (nSPS) is 16.7. The summed E-state index contributed by atoms with van der Waals surface area (Å²) in [6.45, 7) is 1.08. The molecule has 5 nitrogen and oxygen atoms in total. The summed E-state index contributed by atoms with van der Waals surface area (Å²) >= 11 is 0. The maximum atomic E-state index is 13.2. The van der Waals surface area contributed by atoms with Crippen molar-refractivity contribution in [2.24, 2.45) is 5.73 Å². The highest BCUT2D eigenvalue weighted by atomic mass is 19.4. The van der Waals surface area contributed by atoms with Gasteiger partial charge in [-0.1, -0.05) is 23.4 Å². The van der Waals surface area contributed by atoms with Gasteiger partial charge in [-0.2, -0.15) is 13.2 Å².